The second-order valence-electron chi connectivity index (χ2n) is 5.33. The lowest BCUT2D eigenvalue weighted by molar-refractivity contribution is -0.132. The van der Waals surface area contributed by atoms with Crippen LogP contribution < -0.4 is 0 Å². The molecule has 0 aliphatic heterocycles. The van der Waals surface area contributed by atoms with Crippen molar-refractivity contribution >= 4 is 17.7 Å². The van der Waals surface area contributed by atoms with Gasteiger partial charge in [0.15, 0.2) is 0 Å². The van der Waals surface area contributed by atoms with Gasteiger partial charge in [0.2, 0.25) is 5.91 Å². The Hall–Kier alpha value is -1.00. The van der Waals surface area contributed by atoms with Crippen LogP contribution in [-0.4, -0.2) is 40.4 Å². The van der Waals surface area contributed by atoms with Gasteiger partial charge in [0.1, 0.15) is 0 Å². The summed E-state index contributed by atoms with van der Waals surface area (Å²) in [6.45, 7) is 5.78. The van der Waals surface area contributed by atoms with Crippen LogP contribution in [0.1, 0.15) is 27.2 Å². The monoisotopic (exact) mass is 281 g/mol. The molecular weight excluding hydrogens is 258 g/mol. The Bertz CT molecular complexity index is 400. The number of aliphatic hydroxyl groups is 1. The smallest absolute Gasteiger partial charge is 0.235 e. The number of thioether (sulfide) groups is 1. The lowest BCUT2D eigenvalue weighted by Crippen LogP contribution is -2.43. The first-order valence-electron chi connectivity index (χ1n) is 6.52. The van der Waals surface area contributed by atoms with Crippen molar-refractivity contribution < 1.29 is 9.90 Å². The number of nitrogens with zero attached hydrogens (tertiary/aromatic N) is 1. The number of carbonyl (C=O) groups is 1. The molecule has 0 saturated carbocycles. The average Bonchev–Trinajstić information content (AvgIpc) is 2.34. The minimum absolute atomic E-state index is 0.0680. The molecule has 106 valence electrons. The molecule has 0 aromatic heterocycles. The van der Waals surface area contributed by atoms with Crippen molar-refractivity contribution in [3.05, 3.63) is 30.3 Å². The van der Waals surface area contributed by atoms with E-state index in [0.29, 0.717) is 6.54 Å². The third-order valence-electron chi connectivity index (χ3n) is 2.67. The van der Waals surface area contributed by atoms with Crippen molar-refractivity contribution in [2.45, 2.75) is 42.9 Å². The number of hydrogen-bond acceptors (Lipinski definition) is 3. The molecule has 0 spiro atoms. The predicted molar refractivity (Wildman–Crippen MR) is 80.3 cm³/mol. The maximum atomic E-state index is 12.4. The van der Waals surface area contributed by atoms with Gasteiger partial charge in [0, 0.05) is 18.5 Å². The Kier molecular flexibility index (Phi) is 5.88. The van der Waals surface area contributed by atoms with Gasteiger partial charge in [-0.1, -0.05) is 25.1 Å². The van der Waals surface area contributed by atoms with Crippen LogP contribution in [-0.2, 0) is 4.79 Å². The molecule has 1 aromatic rings. The number of rotatable bonds is 6. The van der Waals surface area contributed by atoms with E-state index in [2.05, 4.69) is 0 Å². The van der Waals surface area contributed by atoms with Crippen LogP contribution in [0.3, 0.4) is 0 Å². The van der Waals surface area contributed by atoms with Gasteiger partial charge in [-0.25, -0.2) is 0 Å². The van der Waals surface area contributed by atoms with Gasteiger partial charge in [-0.15, -0.1) is 11.8 Å². The Balaban J connectivity index is 2.66. The third kappa shape index (κ3) is 5.66. The van der Waals surface area contributed by atoms with E-state index in [1.807, 2.05) is 37.3 Å². The number of hydrogen-bond donors (Lipinski definition) is 1. The summed E-state index contributed by atoms with van der Waals surface area (Å²) in [6.07, 6.45) is 0.772. The van der Waals surface area contributed by atoms with Crippen LogP contribution in [0.25, 0.3) is 0 Å². The molecule has 1 N–H and O–H groups in total. The molecule has 0 fully saturated rings. The zero-order valence-corrected chi connectivity index (χ0v) is 12.9. The average molecular weight is 281 g/mol. The highest BCUT2D eigenvalue weighted by Crippen LogP contribution is 2.26. The van der Waals surface area contributed by atoms with Gasteiger partial charge in [-0.05, 0) is 32.4 Å². The Morgan fingerprint density at radius 2 is 1.95 bits per heavy atom. The first-order valence-corrected chi connectivity index (χ1v) is 7.40. The fraction of sp³-hybridized carbons (Fsp3) is 0.533. The van der Waals surface area contributed by atoms with Gasteiger partial charge in [0.05, 0.1) is 10.9 Å². The van der Waals surface area contributed by atoms with Crippen molar-refractivity contribution in [2.75, 3.05) is 13.6 Å². The summed E-state index contributed by atoms with van der Waals surface area (Å²) in [4.78, 5) is 15.1. The minimum Gasteiger partial charge on any atom is -0.389 e. The van der Waals surface area contributed by atoms with Crippen molar-refractivity contribution in [1.82, 2.24) is 4.90 Å². The van der Waals surface area contributed by atoms with Gasteiger partial charge in [-0.3, -0.25) is 4.79 Å². The number of carbonyl (C=O) groups excluding carboxylic acids is 1. The number of likely N-dealkylation sites (N-methyl/N-ethyl adjacent to an activating group) is 1. The van der Waals surface area contributed by atoms with E-state index < -0.39 is 5.60 Å². The highest BCUT2D eigenvalue weighted by molar-refractivity contribution is 8.00. The largest absolute Gasteiger partial charge is 0.389 e. The maximum absolute atomic E-state index is 12.4. The summed E-state index contributed by atoms with van der Waals surface area (Å²) in [6, 6.07) is 9.93. The van der Waals surface area contributed by atoms with Crippen molar-refractivity contribution in [1.29, 1.82) is 0 Å². The van der Waals surface area contributed by atoms with Gasteiger partial charge >= 0.3 is 0 Å². The molecule has 0 heterocycles. The molecule has 3 nitrogen and oxygen atoms in total. The zero-order chi connectivity index (χ0) is 14.5. The molecule has 0 aliphatic rings. The van der Waals surface area contributed by atoms with Crippen LogP contribution in [0.5, 0.6) is 0 Å². The Morgan fingerprint density at radius 3 is 2.42 bits per heavy atom. The van der Waals surface area contributed by atoms with Crippen molar-refractivity contribution in [3.8, 4) is 0 Å². The van der Waals surface area contributed by atoms with Crippen LogP contribution in [0.15, 0.2) is 35.2 Å². The second kappa shape index (κ2) is 6.96. The first-order chi connectivity index (χ1) is 8.83. The fourth-order valence-corrected chi connectivity index (χ4v) is 2.97. The lowest BCUT2D eigenvalue weighted by Gasteiger charge is -2.28. The van der Waals surface area contributed by atoms with E-state index in [4.69, 9.17) is 0 Å². The molecule has 4 heteroatoms. The summed E-state index contributed by atoms with van der Waals surface area (Å²) in [5, 5.41) is 9.68. The molecule has 19 heavy (non-hydrogen) atoms. The topological polar surface area (TPSA) is 40.5 Å². The first kappa shape index (κ1) is 16.1. The Morgan fingerprint density at radius 1 is 1.37 bits per heavy atom. The van der Waals surface area contributed by atoms with E-state index in [-0.39, 0.29) is 11.2 Å². The van der Waals surface area contributed by atoms with Crippen molar-refractivity contribution in [3.63, 3.8) is 0 Å². The SMILES string of the molecule is CCC(Sc1ccccc1)C(=O)N(C)CC(C)(C)O. The van der Waals surface area contributed by atoms with Gasteiger partial charge in [-0.2, -0.15) is 0 Å². The number of benzene rings is 1. The molecule has 1 atom stereocenters. The molecule has 0 aliphatic carbocycles. The quantitative estimate of drug-likeness (QED) is 0.815. The second-order valence-corrected chi connectivity index (χ2v) is 6.61. The number of amides is 1. The van der Waals surface area contributed by atoms with Gasteiger partial charge in [0.25, 0.3) is 0 Å². The minimum atomic E-state index is -0.861. The van der Waals surface area contributed by atoms with Crippen LogP contribution in [0.2, 0.25) is 0 Å². The summed E-state index contributed by atoms with van der Waals surface area (Å²) in [5.74, 6) is 0.0680. The molecule has 1 aromatic carbocycles. The third-order valence-corrected chi connectivity index (χ3v) is 4.03. The van der Waals surface area contributed by atoms with Crippen LogP contribution in [0.4, 0.5) is 0 Å². The highest BCUT2D eigenvalue weighted by atomic mass is 32.2. The Labute approximate surface area is 120 Å². The molecule has 0 bridgehead atoms. The predicted octanol–water partition coefficient (Wildman–Crippen LogP) is 2.79. The van der Waals surface area contributed by atoms with E-state index in [0.717, 1.165) is 11.3 Å². The summed E-state index contributed by atoms with van der Waals surface area (Å²) in [7, 11) is 1.74. The molecule has 1 unspecified atom stereocenters. The van der Waals surface area contributed by atoms with E-state index in [1.54, 1.807) is 37.6 Å². The lowest BCUT2D eigenvalue weighted by atomic mass is 10.1. The van der Waals surface area contributed by atoms with E-state index >= 15 is 0 Å². The summed E-state index contributed by atoms with van der Waals surface area (Å²) < 4.78 is 0. The summed E-state index contributed by atoms with van der Waals surface area (Å²) >= 11 is 1.58. The summed E-state index contributed by atoms with van der Waals surface area (Å²) in [5.41, 5.74) is -0.861. The normalized spacial score (nSPS) is 13.1. The van der Waals surface area contributed by atoms with Crippen LogP contribution in [0, 0.1) is 0 Å². The highest BCUT2D eigenvalue weighted by Gasteiger charge is 2.25. The molecule has 1 rings (SSSR count). The molecule has 0 saturated heterocycles. The zero-order valence-electron chi connectivity index (χ0n) is 12.1. The molecular formula is C15H23NO2S. The molecule has 1 amide bonds. The molecule has 0 radical (unpaired) electrons. The fourth-order valence-electron chi connectivity index (χ4n) is 1.88. The van der Waals surface area contributed by atoms with Crippen molar-refractivity contribution in [2.24, 2.45) is 0 Å². The van der Waals surface area contributed by atoms with Gasteiger partial charge < -0.3 is 10.0 Å². The standard InChI is InChI=1S/C15H23NO2S/c1-5-13(19-12-9-7-6-8-10-12)14(17)16(4)11-15(2,3)18/h6-10,13,18H,5,11H2,1-4H3. The van der Waals surface area contributed by atoms with Crippen LogP contribution >= 0.6 is 11.8 Å². The van der Waals surface area contributed by atoms with E-state index in [1.165, 1.54) is 0 Å². The van der Waals surface area contributed by atoms with E-state index in [9.17, 15) is 9.90 Å². The maximum Gasteiger partial charge on any atom is 0.235 e.